The lowest BCUT2D eigenvalue weighted by atomic mass is 10.0. The van der Waals surface area contributed by atoms with Crippen molar-refractivity contribution in [3.63, 3.8) is 0 Å². The SMILES string of the molecule is CN=C(NCCN1CCOCC1)NCC1(CCOC)CC1. The molecule has 1 saturated carbocycles. The first-order valence-electron chi connectivity index (χ1n) is 8.02. The zero-order valence-corrected chi connectivity index (χ0v) is 13.5. The van der Waals surface area contributed by atoms with Gasteiger partial charge in [0, 0.05) is 53.5 Å². The fourth-order valence-corrected chi connectivity index (χ4v) is 2.66. The van der Waals surface area contributed by atoms with Crippen LogP contribution in [0.2, 0.25) is 0 Å². The van der Waals surface area contributed by atoms with Crippen molar-refractivity contribution in [1.82, 2.24) is 15.5 Å². The minimum atomic E-state index is 0.442. The van der Waals surface area contributed by atoms with E-state index in [4.69, 9.17) is 9.47 Å². The highest BCUT2D eigenvalue weighted by Crippen LogP contribution is 2.48. The van der Waals surface area contributed by atoms with Gasteiger partial charge in [0.25, 0.3) is 0 Å². The summed E-state index contributed by atoms with van der Waals surface area (Å²) >= 11 is 0. The maximum atomic E-state index is 5.36. The number of nitrogens with one attached hydrogen (secondary N) is 2. The van der Waals surface area contributed by atoms with Crippen LogP contribution >= 0.6 is 0 Å². The van der Waals surface area contributed by atoms with E-state index in [0.717, 1.165) is 64.9 Å². The number of hydrogen-bond donors (Lipinski definition) is 2. The molecule has 0 aromatic heterocycles. The van der Waals surface area contributed by atoms with Crippen LogP contribution in [0.4, 0.5) is 0 Å². The second kappa shape index (κ2) is 8.56. The maximum absolute atomic E-state index is 5.36. The van der Waals surface area contributed by atoms with E-state index in [0.29, 0.717) is 5.41 Å². The Kier molecular flexibility index (Phi) is 6.73. The molecule has 0 bridgehead atoms. The summed E-state index contributed by atoms with van der Waals surface area (Å²) in [5.41, 5.74) is 0.442. The van der Waals surface area contributed by atoms with Gasteiger partial charge in [0.2, 0.25) is 0 Å². The van der Waals surface area contributed by atoms with Crippen molar-refractivity contribution in [2.24, 2.45) is 10.4 Å². The third-order valence-electron chi connectivity index (χ3n) is 4.47. The number of guanidine groups is 1. The lowest BCUT2D eigenvalue weighted by Crippen LogP contribution is -2.45. The summed E-state index contributed by atoms with van der Waals surface area (Å²) in [5.74, 6) is 0.909. The quantitative estimate of drug-likeness (QED) is 0.499. The van der Waals surface area contributed by atoms with Gasteiger partial charge in [-0.25, -0.2) is 0 Å². The summed E-state index contributed by atoms with van der Waals surface area (Å²) in [6, 6.07) is 0. The minimum absolute atomic E-state index is 0.442. The molecule has 122 valence electrons. The third-order valence-corrected chi connectivity index (χ3v) is 4.47. The molecule has 0 atom stereocenters. The summed E-state index contributed by atoms with van der Waals surface area (Å²) in [7, 11) is 3.61. The molecule has 0 radical (unpaired) electrons. The number of morpholine rings is 1. The fraction of sp³-hybridized carbons (Fsp3) is 0.933. The minimum Gasteiger partial charge on any atom is -0.385 e. The summed E-state index contributed by atoms with van der Waals surface area (Å²) in [6.45, 7) is 7.59. The first-order valence-corrected chi connectivity index (χ1v) is 8.02. The smallest absolute Gasteiger partial charge is 0.191 e. The zero-order valence-electron chi connectivity index (χ0n) is 13.5. The Labute approximate surface area is 128 Å². The van der Waals surface area contributed by atoms with Crippen LogP contribution in [-0.2, 0) is 9.47 Å². The highest BCUT2D eigenvalue weighted by atomic mass is 16.5. The molecule has 1 heterocycles. The lowest BCUT2D eigenvalue weighted by Gasteiger charge is -2.27. The molecule has 0 spiro atoms. The van der Waals surface area contributed by atoms with E-state index in [1.165, 1.54) is 12.8 Å². The molecule has 0 unspecified atom stereocenters. The fourth-order valence-electron chi connectivity index (χ4n) is 2.66. The van der Waals surface area contributed by atoms with Gasteiger partial charge in [0.15, 0.2) is 5.96 Å². The number of aliphatic imine (C=N–C) groups is 1. The molecule has 1 aliphatic carbocycles. The van der Waals surface area contributed by atoms with Gasteiger partial charge in [-0.2, -0.15) is 0 Å². The molecule has 21 heavy (non-hydrogen) atoms. The normalized spacial score (nSPS) is 22.1. The molecule has 2 fully saturated rings. The average molecular weight is 298 g/mol. The molecule has 2 N–H and O–H groups in total. The number of rotatable bonds is 8. The van der Waals surface area contributed by atoms with Crippen LogP contribution < -0.4 is 10.6 Å². The van der Waals surface area contributed by atoms with Gasteiger partial charge in [0.1, 0.15) is 0 Å². The Morgan fingerprint density at radius 2 is 2.05 bits per heavy atom. The van der Waals surface area contributed by atoms with Crippen molar-refractivity contribution in [1.29, 1.82) is 0 Å². The van der Waals surface area contributed by atoms with Crippen LogP contribution in [0, 0.1) is 5.41 Å². The predicted molar refractivity (Wildman–Crippen MR) is 84.8 cm³/mol. The molecule has 2 rings (SSSR count). The Morgan fingerprint density at radius 3 is 2.67 bits per heavy atom. The van der Waals surface area contributed by atoms with Gasteiger partial charge in [0.05, 0.1) is 13.2 Å². The summed E-state index contributed by atoms with van der Waals surface area (Å²) in [4.78, 5) is 6.72. The first-order chi connectivity index (χ1) is 10.3. The molecular formula is C15H30N4O2. The highest BCUT2D eigenvalue weighted by Gasteiger charge is 2.41. The van der Waals surface area contributed by atoms with Crippen LogP contribution in [-0.4, -0.2) is 77.6 Å². The zero-order chi connectivity index (χ0) is 15.0. The Balaban J connectivity index is 1.59. The van der Waals surface area contributed by atoms with Crippen molar-refractivity contribution < 1.29 is 9.47 Å². The van der Waals surface area contributed by atoms with Crippen LogP contribution in [0.1, 0.15) is 19.3 Å². The summed E-state index contributed by atoms with van der Waals surface area (Å²) in [6.07, 6.45) is 3.74. The van der Waals surface area contributed by atoms with Crippen molar-refractivity contribution in [3.05, 3.63) is 0 Å². The third kappa shape index (κ3) is 5.80. The van der Waals surface area contributed by atoms with Crippen LogP contribution in [0.15, 0.2) is 4.99 Å². The lowest BCUT2D eigenvalue weighted by molar-refractivity contribution is 0.0389. The predicted octanol–water partition coefficient (Wildman–Crippen LogP) is 0.300. The van der Waals surface area contributed by atoms with Crippen LogP contribution in [0.3, 0.4) is 0 Å². The molecule has 0 amide bonds. The Hall–Kier alpha value is -0.850. The molecule has 6 heteroatoms. The molecule has 2 aliphatic rings. The number of methoxy groups -OCH3 is 1. The van der Waals surface area contributed by atoms with Gasteiger partial charge in [-0.05, 0) is 24.7 Å². The Bertz CT molecular complexity index is 326. The van der Waals surface area contributed by atoms with E-state index in [2.05, 4.69) is 20.5 Å². The van der Waals surface area contributed by atoms with Crippen molar-refractivity contribution >= 4 is 5.96 Å². The van der Waals surface area contributed by atoms with E-state index in [-0.39, 0.29) is 0 Å². The molecule has 1 aliphatic heterocycles. The van der Waals surface area contributed by atoms with E-state index in [1.807, 2.05) is 7.05 Å². The molecular weight excluding hydrogens is 268 g/mol. The van der Waals surface area contributed by atoms with Gasteiger partial charge in [-0.3, -0.25) is 9.89 Å². The second-order valence-electron chi connectivity index (χ2n) is 6.05. The molecule has 1 saturated heterocycles. The van der Waals surface area contributed by atoms with Crippen molar-refractivity contribution in [3.8, 4) is 0 Å². The topological polar surface area (TPSA) is 58.1 Å². The Morgan fingerprint density at radius 1 is 1.29 bits per heavy atom. The summed E-state index contributed by atoms with van der Waals surface area (Å²) in [5, 5.41) is 6.86. The van der Waals surface area contributed by atoms with Gasteiger partial charge in [-0.15, -0.1) is 0 Å². The van der Waals surface area contributed by atoms with Gasteiger partial charge < -0.3 is 20.1 Å². The average Bonchev–Trinajstić information content (AvgIpc) is 3.30. The van der Waals surface area contributed by atoms with E-state index < -0.39 is 0 Å². The number of nitrogens with zero attached hydrogens (tertiary/aromatic N) is 2. The molecule has 0 aromatic rings. The molecule has 6 nitrogen and oxygen atoms in total. The monoisotopic (exact) mass is 298 g/mol. The van der Waals surface area contributed by atoms with Crippen molar-refractivity contribution in [2.75, 3.05) is 66.7 Å². The van der Waals surface area contributed by atoms with Gasteiger partial charge >= 0.3 is 0 Å². The largest absolute Gasteiger partial charge is 0.385 e. The highest BCUT2D eigenvalue weighted by molar-refractivity contribution is 5.79. The first kappa shape index (κ1) is 16.5. The van der Waals surface area contributed by atoms with E-state index in [1.54, 1.807) is 7.11 Å². The number of hydrogen-bond acceptors (Lipinski definition) is 4. The van der Waals surface area contributed by atoms with E-state index in [9.17, 15) is 0 Å². The standard InChI is InChI=1S/C15H30N4O2/c1-16-14(17-6-7-19-8-11-21-12-9-19)18-13-15(3-4-15)5-10-20-2/h3-13H2,1-2H3,(H2,16,17,18). The van der Waals surface area contributed by atoms with E-state index >= 15 is 0 Å². The summed E-state index contributed by atoms with van der Waals surface area (Å²) < 4.78 is 10.5. The van der Waals surface area contributed by atoms with Gasteiger partial charge in [-0.1, -0.05) is 0 Å². The molecule has 0 aromatic carbocycles. The van der Waals surface area contributed by atoms with Crippen LogP contribution in [0.5, 0.6) is 0 Å². The van der Waals surface area contributed by atoms with Crippen molar-refractivity contribution in [2.45, 2.75) is 19.3 Å². The second-order valence-corrected chi connectivity index (χ2v) is 6.05. The maximum Gasteiger partial charge on any atom is 0.191 e. The van der Waals surface area contributed by atoms with Crippen LogP contribution in [0.25, 0.3) is 0 Å². The number of ether oxygens (including phenoxy) is 2.